The molecule has 2 heterocycles. The Kier molecular flexibility index (Phi) is 7.57. The van der Waals surface area contributed by atoms with Crippen molar-refractivity contribution >= 4 is 15.9 Å². The lowest BCUT2D eigenvalue weighted by molar-refractivity contribution is 0.0342. The van der Waals surface area contributed by atoms with Crippen molar-refractivity contribution in [1.29, 1.82) is 0 Å². The van der Waals surface area contributed by atoms with E-state index in [4.69, 9.17) is 4.74 Å². The number of hydrogen-bond acceptors (Lipinski definition) is 5. The Balaban J connectivity index is 1.43. The number of nitrogens with one attached hydrogen (secondary N) is 1. The van der Waals surface area contributed by atoms with Gasteiger partial charge in [0.25, 0.3) is 5.91 Å². The third-order valence-corrected chi connectivity index (χ3v) is 7.98. The van der Waals surface area contributed by atoms with Gasteiger partial charge in [-0.3, -0.25) is 9.69 Å². The van der Waals surface area contributed by atoms with Crippen molar-refractivity contribution in [2.45, 2.75) is 37.2 Å². The summed E-state index contributed by atoms with van der Waals surface area (Å²) in [6.07, 6.45) is 2.75. The largest absolute Gasteiger partial charge is 0.379 e. The normalized spacial score (nSPS) is 18.4. The number of carbonyl (C=O) groups excluding carboxylic acids is 1. The van der Waals surface area contributed by atoms with Crippen LogP contribution in [0, 0.1) is 0 Å². The Morgan fingerprint density at radius 2 is 1.62 bits per heavy atom. The van der Waals surface area contributed by atoms with Crippen LogP contribution < -0.4 is 5.32 Å². The van der Waals surface area contributed by atoms with Crippen molar-refractivity contribution in [2.24, 2.45) is 0 Å². The fourth-order valence-corrected chi connectivity index (χ4v) is 5.96. The molecule has 2 aromatic rings. The number of sulfonamides is 1. The minimum Gasteiger partial charge on any atom is -0.379 e. The van der Waals surface area contributed by atoms with E-state index in [1.807, 2.05) is 12.1 Å². The number of piperidine rings is 1. The number of amides is 1. The second-order valence-electron chi connectivity index (χ2n) is 8.35. The molecule has 0 aliphatic carbocycles. The fraction of sp³-hybridized carbons (Fsp3) is 0.458. The summed E-state index contributed by atoms with van der Waals surface area (Å²) in [6.45, 7) is 5.57. The molecule has 1 N–H and O–H groups in total. The average molecular weight is 458 g/mol. The highest BCUT2D eigenvalue weighted by molar-refractivity contribution is 7.89. The third-order valence-electron chi connectivity index (χ3n) is 6.02. The van der Waals surface area contributed by atoms with Crippen molar-refractivity contribution in [2.75, 3.05) is 39.4 Å². The molecule has 2 aliphatic heterocycles. The smallest absolute Gasteiger partial charge is 0.252 e. The van der Waals surface area contributed by atoms with Gasteiger partial charge in [0.15, 0.2) is 0 Å². The van der Waals surface area contributed by atoms with Crippen molar-refractivity contribution in [3.8, 4) is 0 Å². The van der Waals surface area contributed by atoms with Gasteiger partial charge in [0, 0.05) is 39.3 Å². The monoisotopic (exact) mass is 457 g/mol. The molecule has 0 aromatic heterocycles. The van der Waals surface area contributed by atoms with Crippen molar-refractivity contribution in [1.82, 2.24) is 14.5 Å². The fourth-order valence-electron chi connectivity index (χ4n) is 4.26. The van der Waals surface area contributed by atoms with Crippen LogP contribution >= 0.6 is 0 Å². The summed E-state index contributed by atoms with van der Waals surface area (Å²) in [5.41, 5.74) is 2.37. The van der Waals surface area contributed by atoms with Gasteiger partial charge < -0.3 is 10.1 Å². The quantitative estimate of drug-likeness (QED) is 0.692. The predicted molar refractivity (Wildman–Crippen MR) is 123 cm³/mol. The molecule has 2 aromatic carbocycles. The van der Waals surface area contributed by atoms with Crippen LogP contribution in [0.3, 0.4) is 0 Å². The summed E-state index contributed by atoms with van der Waals surface area (Å²) >= 11 is 0. The third kappa shape index (κ3) is 5.56. The topological polar surface area (TPSA) is 79.0 Å². The Morgan fingerprint density at radius 1 is 0.906 bits per heavy atom. The number of benzene rings is 2. The van der Waals surface area contributed by atoms with E-state index in [9.17, 15) is 13.2 Å². The van der Waals surface area contributed by atoms with E-state index in [1.54, 1.807) is 18.2 Å². The molecular formula is C24H31N3O4S. The van der Waals surface area contributed by atoms with E-state index in [0.717, 1.165) is 57.7 Å². The number of hydrogen-bond donors (Lipinski definition) is 1. The minimum absolute atomic E-state index is 0.0838. The van der Waals surface area contributed by atoms with E-state index in [0.29, 0.717) is 19.6 Å². The lowest BCUT2D eigenvalue weighted by Gasteiger charge is -2.26. The van der Waals surface area contributed by atoms with Crippen molar-refractivity contribution in [3.63, 3.8) is 0 Å². The number of ether oxygens (including phenoxy) is 1. The first-order valence-electron chi connectivity index (χ1n) is 11.3. The highest BCUT2D eigenvalue weighted by Gasteiger charge is 2.29. The molecule has 2 fully saturated rings. The van der Waals surface area contributed by atoms with E-state index < -0.39 is 10.0 Å². The van der Waals surface area contributed by atoms with Crippen molar-refractivity contribution in [3.05, 3.63) is 65.2 Å². The number of carbonyl (C=O) groups is 1. The van der Waals surface area contributed by atoms with Crippen molar-refractivity contribution < 1.29 is 17.9 Å². The Bertz CT molecular complexity index is 1030. The van der Waals surface area contributed by atoms with Gasteiger partial charge in [-0.25, -0.2) is 8.42 Å². The second kappa shape index (κ2) is 10.6. The lowest BCUT2D eigenvalue weighted by atomic mass is 10.1. The molecular weight excluding hydrogens is 426 g/mol. The minimum atomic E-state index is -3.69. The second-order valence-corrected chi connectivity index (χ2v) is 10.3. The van der Waals surface area contributed by atoms with E-state index in [1.165, 1.54) is 15.9 Å². The molecule has 8 heteroatoms. The summed E-state index contributed by atoms with van der Waals surface area (Å²) < 4.78 is 33.2. The van der Waals surface area contributed by atoms with Crippen LogP contribution in [0.4, 0.5) is 0 Å². The molecule has 0 atom stereocenters. The molecule has 0 bridgehead atoms. The zero-order valence-electron chi connectivity index (χ0n) is 18.3. The molecule has 7 nitrogen and oxygen atoms in total. The van der Waals surface area contributed by atoms with Crippen LogP contribution in [-0.2, 0) is 27.8 Å². The van der Waals surface area contributed by atoms with Crippen LogP contribution in [0.25, 0.3) is 0 Å². The van der Waals surface area contributed by atoms with Crippen LogP contribution in [0.2, 0.25) is 0 Å². The number of morpholine rings is 1. The molecule has 172 valence electrons. The summed E-state index contributed by atoms with van der Waals surface area (Å²) in [5.74, 6) is -0.375. The molecule has 2 aliphatic rings. The number of nitrogens with zero attached hydrogens (tertiary/aromatic N) is 2. The van der Waals surface area contributed by atoms with Gasteiger partial charge in [-0.05, 0) is 36.1 Å². The first-order chi connectivity index (χ1) is 15.5. The SMILES string of the molecule is O=C(NCc1cccc(CN2CCOCC2)c1)c1ccccc1S(=O)(=O)N1CCCCC1. The van der Waals surface area contributed by atoms with Crippen LogP contribution in [0.5, 0.6) is 0 Å². The summed E-state index contributed by atoms with van der Waals surface area (Å²) in [4.78, 5) is 15.4. The van der Waals surface area contributed by atoms with Crippen LogP contribution in [0.15, 0.2) is 53.4 Å². The number of rotatable bonds is 7. The molecule has 0 saturated carbocycles. The van der Waals surface area contributed by atoms with E-state index in [2.05, 4.69) is 22.3 Å². The first-order valence-corrected chi connectivity index (χ1v) is 12.7. The van der Waals surface area contributed by atoms with E-state index in [-0.39, 0.29) is 16.4 Å². The molecule has 4 rings (SSSR count). The zero-order chi connectivity index (χ0) is 22.4. The van der Waals surface area contributed by atoms with E-state index >= 15 is 0 Å². The Hall–Kier alpha value is -2.26. The molecule has 0 unspecified atom stereocenters. The van der Waals surface area contributed by atoms with Gasteiger partial charge >= 0.3 is 0 Å². The highest BCUT2D eigenvalue weighted by Crippen LogP contribution is 2.23. The maximum Gasteiger partial charge on any atom is 0.252 e. The summed E-state index contributed by atoms with van der Waals surface area (Å²) in [5, 5.41) is 2.91. The van der Waals surface area contributed by atoms with Gasteiger partial charge in [0.1, 0.15) is 0 Å². The Morgan fingerprint density at radius 3 is 2.41 bits per heavy atom. The average Bonchev–Trinajstić information content (AvgIpc) is 2.84. The lowest BCUT2D eigenvalue weighted by Crippen LogP contribution is -2.37. The molecule has 32 heavy (non-hydrogen) atoms. The van der Waals surface area contributed by atoms with Gasteiger partial charge in [-0.15, -0.1) is 0 Å². The summed E-state index contributed by atoms with van der Waals surface area (Å²) in [7, 11) is -3.69. The van der Waals surface area contributed by atoms with Gasteiger partial charge in [-0.2, -0.15) is 4.31 Å². The molecule has 2 saturated heterocycles. The van der Waals surface area contributed by atoms with Crippen LogP contribution in [-0.4, -0.2) is 62.9 Å². The van der Waals surface area contributed by atoms with Gasteiger partial charge in [0.05, 0.1) is 23.7 Å². The van der Waals surface area contributed by atoms with Gasteiger partial charge in [0.2, 0.25) is 10.0 Å². The molecule has 0 spiro atoms. The summed E-state index contributed by atoms with van der Waals surface area (Å²) in [6, 6.07) is 14.6. The highest BCUT2D eigenvalue weighted by atomic mass is 32.2. The first kappa shape index (κ1) is 22.9. The molecule has 1 amide bonds. The predicted octanol–water partition coefficient (Wildman–Crippen LogP) is 2.62. The Labute approximate surface area is 190 Å². The molecule has 0 radical (unpaired) electrons. The van der Waals surface area contributed by atoms with Gasteiger partial charge in [-0.1, -0.05) is 42.8 Å². The maximum absolute atomic E-state index is 13.2. The standard InChI is InChI=1S/C24H31N3O4S/c28-24(22-9-2-3-10-23(22)32(29,30)27-11-4-1-5-12-27)25-18-20-7-6-8-21(17-20)19-26-13-15-31-16-14-26/h2-3,6-10,17H,1,4-5,11-16,18-19H2,(H,25,28). The maximum atomic E-state index is 13.2. The zero-order valence-corrected chi connectivity index (χ0v) is 19.1. The van der Waals surface area contributed by atoms with Crippen LogP contribution in [0.1, 0.15) is 40.7 Å².